The van der Waals surface area contributed by atoms with Gasteiger partial charge >= 0.3 is 0 Å². The molecule has 0 aliphatic heterocycles. The summed E-state index contributed by atoms with van der Waals surface area (Å²) < 4.78 is 0. The van der Waals surface area contributed by atoms with Crippen LogP contribution in [0.2, 0.25) is 0 Å². The summed E-state index contributed by atoms with van der Waals surface area (Å²) in [4.78, 5) is 22.0. The van der Waals surface area contributed by atoms with Crippen LogP contribution in [0.5, 0.6) is 0 Å². The van der Waals surface area contributed by atoms with Gasteiger partial charge in [-0.15, -0.1) is 0 Å². The second kappa shape index (κ2) is 6.45. The first-order valence-corrected chi connectivity index (χ1v) is 6.05. The molecule has 1 amide bonds. The van der Waals surface area contributed by atoms with Gasteiger partial charge in [0, 0.05) is 19.0 Å². The minimum atomic E-state index is -1.10. The maximum atomic E-state index is 11.2. The second-order valence-electron chi connectivity index (χ2n) is 4.58. The van der Waals surface area contributed by atoms with Crippen LogP contribution in [0.1, 0.15) is 41.4 Å². The van der Waals surface area contributed by atoms with Crippen LogP contribution in [0.15, 0.2) is 18.2 Å². The van der Waals surface area contributed by atoms with Crippen molar-refractivity contribution in [2.75, 3.05) is 6.54 Å². The number of Topliss-reactive ketones (excluding diaryl/α,β-unsaturated/α-hetero) is 1. The lowest BCUT2D eigenvalue weighted by Crippen LogP contribution is -2.34. The van der Waals surface area contributed by atoms with Crippen LogP contribution in [0.4, 0.5) is 0 Å². The molecule has 0 fully saturated rings. The average molecular weight is 265 g/mol. The molecule has 5 nitrogen and oxygen atoms in total. The first kappa shape index (κ1) is 15.3. The monoisotopic (exact) mass is 265 g/mol. The maximum Gasteiger partial charge on any atom is 0.216 e. The Kier molecular flexibility index (Phi) is 5.20. The predicted molar refractivity (Wildman–Crippen MR) is 70.8 cm³/mol. The lowest BCUT2D eigenvalue weighted by atomic mass is 9.96. The summed E-state index contributed by atoms with van der Waals surface area (Å²) in [5.41, 5.74) is 1.83. The Morgan fingerprint density at radius 2 is 1.89 bits per heavy atom. The Morgan fingerprint density at radius 1 is 1.26 bits per heavy atom. The van der Waals surface area contributed by atoms with Gasteiger partial charge in [-0.25, -0.2) is 0 Å². The lowest BCUT2D eigenvalue weighted by molar-refractivity contribution is -0.119. The number of aryl methyl sites for hydroxylation is 1. The van der Waals surface area contributed by atoms with Crippen molar-refractivity contribution in [3.05, 3.63) is 34.9 Å². The molecule has 0 radical (unpaired) electrons. The van der Waals surface area contributed by atoms with Crippen LogP contribution in [0.25, 0.3) is 0 Å². The van der Waals surface area contributed by atoms with Gasteiger partial charge < -0.3 is 15.5 Å². The highest BCUT2D eigenvalue weighted by Gasteiger charge is 2.20. The van der Waals surface area contributed by atoms with Crippen molar-refractivity contribution in [1.29, 1.82) is 0 Å². The average Bonchev–Trinajstić information content (AvgIpc) is 2.34. The van der Waals surface area contributed by atoms with E-state index in [9.17, 15) is 19.8 Å². The van der Waals surface area contributed by atoms with Crippen LogP contribution >= 0.6 is 0 Å². The number of amides is 1. The third-order valence-corrected chi connectivity index (χ3v) is 2.92. The van der Waals surface area contributed by atoms with Crippen molar-refractivity contribution in [2.45, 2.75) is 33.0 Å². The summed E-state index contributed by atoms with van der Waals surface area (Å²) in [5.74, 6) is -0.321. The molecule has 1 aromatic rings. The lowest BCUT2D eigenvalue weighted by Gasteiger charge is -2.20. The number of rotatable bonds is 5. The van der Waals surface area contributed by atoms with Gasteiger partial charge in [0.2, 0.25) is 5.91 Å². The fraction of sp³-hybridized carbons (Fsp3) is 0.429. The van der Waals surface area contributed by atoms with E-state index in [0.29, 0.717) is 11.1 Å². The van der Waals surface area contributed by atoms with Crippen molar-refractivity contribution < 1.29 is 19.8 Å². The Labute approximate surface area is 112 Å². The molecular weight excluding hydrogens is 246 g/mol. The summed E-state index contributed by atoms with van der Waals surface area (Å²) in [7, 11) is 0. The van der Waals surface area contributed by atoms with Crippen LogP contribution in [-0.2, 0) is 4.79 Å². The molecule has 0 aliphatic carbocycles. The molecule has 2 atom stereocenters. The van der Waals surface area contributed by atoms with Gasteiger partial charge in [0.05, 0.1) is 0 Å². The molecule has 0 aliphatic rings. The Hall–Kier alpha value is -1.72. The van der Waals surface area contributed by atoms with Crippen molar-refractivity contribution >= 4 is 11.7 Å². The Morgan fingerprint density at radius 3 is 2.37 bits per heavy atom. The van der Waals surface area contributed by atoms with Crippen LogP contribution in [-0.4, -0.2) is 34.6 Å². The summed E-state index contributed by atoms with van der Waals surface area (Å²) in [6.07, 6.45) is -2.20. The van der Waals surface area contributed by atoms with E-state index >= 15 is 0 Å². The van der Waals surface area contributed by atoms with E-state index < -0.39 is 12.2 Å². The predicted octanol–water partition coefficient (Wildman–Crippen LogP) is 0.728. The number of hydrogen-bond donors (Lipinski definition) is 3. The molecule has 19 heavy (non-hydrogen) atoms. The number of carbonyl (C=O) groups is 2. The number of nitrogens with one attached hydrogen (secondary N) is 1. The number of carbonyl (C=O) groups excluding carboxylic acids is 2. The molecule has 0 bridgehead atoms. The number of ketones is 1. The standard InChI is InChI=1S/C14H19NO4/c1-8-6-11(9(2)16)4-5-12(8)14(19)13(18)7-15-10(3)17/h4-6,13-14,18-19H,7H2,1-3H3,(H,15,17). The van der Waals surface area contributed by atoms with Crippen molar-refractivity contribution in [3.8, 4) is 0 Å². The van der Waals surface area contributed by atoms with Gasteiger partial charge in [-0.05, 0) is 31.0 Å². The summed E-state index contributed by atoms with van der Waals surface area (Å²) in [6, 6.07) is 4.90. The Bertz CT molecular complexity index is 484. The highest BCUT2D eigenvalue weighted by atomic mass is 16.3. The first-order valence-electron chi connectivity index (χ1n) is 6.05. The molecular formula is C14H19NO4. The molecule has 0 aromatic heterocycles. The molecule has 1 aromatic carbocycles. The van der Waals surface area contributed by atoms with E-state index in [2.05, 4.69) is 5.32 Å². The third kappa shape index (κ3) is 4.15. The highest BCUT2D eigenvalue weighted by Crippen LogP contribution is 2.22. The maximum absolute atomic E-state index is 11.2. The quantitative estimate of drug-likeness (QED) is 0.685. The molecule has 0 heterocycles. The highest BCUT2D eigenvalue weighted by molar-refractivity contribution is 5.94. The minimum Gasteiger partial charge on any atom is -0.388 e. The zero-order chi connectivity index (χ0) is 14.6. The molecule has 1 rings (SSSR count). The number of aliphatic hydroxyl groups excluding tert-OH is 2. The van der Waals surface area contributed by atoms with Gasteiger partial charge in [-0.3, -0.25) is 9.59 Å². The first-order chi connectivity index (χ1) is 8.82. The van der Waals surface area contributed by atoms with E-state index in [1.54, 1.807) is 25.1 Å². The SMILES string of the molecule is CC(=O)NCC(O)C(O)c1ccc(C(C)=O)cc1C. The second-order valence-corrected chi connectivity index (χ2v) is 4.58. The van der Waals surface area contributed by atoms with Crippen LogP contribution < -0.4 is 5.32 Å². The summed E-state index contributed by atoms with van der Waals surface area (Å²) in [6.45, 7) is 4.54. The molecule has 5 heteroatoms. The molecule has 3 N–H and O–H groups in total. The largest absolute Gasteiger partial charge is 0.388 e. The molecule has 2 unspecified atom stereocenters. The van der Waals surface area contributed by atoms with Crippen LogP contribution in [0.3, 0.4) is 0 Å². The summed E-state index contributed by atoms with van der Waals surface area (Å²) in [5, 5.41) is 22.3. The van der Waals surface area contributed by atoms with E-state index in [-0.39, 0.29) is 18.2 Å². The number of hydrogen-bond acceptors (Lipinski definition) is 4. The number of benzene rings is 1. The molecule has 0 spiro atoms. The van der Waals surface area contributed by atoms with E-state index in [1.165, 1.54) is 13.8 Å². The van der Waals surface area contributed by atoms with E-state index in [1.807, 2.05) is 0 Å². The van der Waals surface area contributed by atoms with Crippen molar-refractivity contribution in [1.82, 2.24) is 5.32 Å². The van der Waals surface area contributed by atoms with E-state index in [4.69, 9.17) is 0 Å². The van der Waals surface area contributed by atoms with Gasteiger partial charge in [-0.2, -0.15) is 0 Å². The fourth-order valence-electron chi connectivity index (χ4n) is 1.79. The smallest absolute Gasteiger partial charge is 0.216 e. The minimum absolute atomic E-state index is 0.0234. The van der Waals surface area contributed by atoms with Crippen LogP contribution in [0, 0.1) is 6.92 Å². The zero-order valence-electron chi connectivity index (χ0n) is 11.3. The van der Waals surface area contributed by atoms with Gasteiger partial charge in [0.1, 0.15) is 12.2 Å². The van der Waals surface area contributed by atoms with Crippen molar-refractivity contribution in [3.63, 3.8) is 0 Å². The topological polar surface area (TPSA) is 86.6 Å². The molecule has 104 valence electrons. The third-order valence-electron chi connectivity index (χ3n) is 2.92. The van der Waals surface area contributed by atoms with Crippen molar-refractivity contribution in [2.24, 2.45) is 0 Å². The van der Waals surface area contributed by atoms with E-state index in [0.717, 1.165) is 5.56 Å². The molecule has 0 saturated heterocycles. The zero-order valence-corrected chi connectivity index (χ0v) is 11.3. The molecule has 0 saturated carbocycles. The summed E-state index contributed by atoms with van der Waals surface area (Å²) >= 11 is 0. The van der Waals surface area contributed by atoms with Gasteiger partial charge in [0.15, 0.2) is 5.78 Å². The number of aliphatic hydroxyl groups is 2. The van der Waals surface area contributed by atoms with Gasteiger partial charge in [-0.1, -0.05) is 12.1 Å². The van der Waals surface area contributed by atoms with Gasteiger partial charge in [0.25, 0.3) is 0 Å². The fourth-order valence-corrected chi connectivity index (χ4v) is 1.79. The normalized spacial score (nSPS) is 13.7. The Balaban J connectivity index is 2.84.